The molecule has 0 aliphatic carbocycles. The fourth-order valence-corrected chi connectivity index (χ4v) is 2.17. The third-order valence-corrected chi connectivity index (χ3v) is 3.13. The first-order valence-corrected chi connectivity index (χ1v) is 6.28. The second-order valence-corrected chi connectivity index (χ2v) is 4.40. The summed E-state index contributed by atoms with van der Waals surface area (Å²) in [6, 6.07) is 0. The van der Waals surface area contributed by atoms with Gasteiger partial charge in [0.1, 0.15) is 6.33 Å². The summed E-state index contributed by atoms with van der Waals surface area (Å²) in [6.07, 6.45) is 5.55. The summed E-state index contributed by atoms with van der Waals surface area (Å²) >= 11 is 0. The first kappa shape index (κ1) is 12.9. The van der Waals surface area contributed by atoms with Crippen molar-refractivity contribution in [2.75, 3.05) is 39.3 Å². The average Bonchev–Trinajstić information content (AvgIpc) is 2.65. The molecule has 0 spiro atoms. The zero-order valence-corrected chi connectivity index (χ0v) is 10.5. The number of hydrogen-bond acceptors (Lipinski definition) is 5. The van der Waals surface area contributed by atoms with E-state index in [4.69, 9.17) is 5.73 Å². The molecule has 0 unspecified atom stereocenters. The number of carbonyl (C=O) groups is 1. The van der Waals surface area contributed by atoms with Crippen LogP contribution >= 0.6 is 0 Å². The lowest BCUT2D eigenvalue weighted by Crippen LogP contribution is -2.36. The third-order valence-electron chi connectivity index (χ3n) is 3.13. The monoisotopic (exact) mass is 249 g/mol. The van der Waals surface area contributed by atoms with E-state index in [2.05, 4.69) is 14.9 Å². The van der Waals surface area contributed by atoms with Crippen LogP contribution < -0.4 is 5.73 Å². The summed E-state index contributed by atoms with van der Waals surface area (Å²) in [4.78, 5) is 24.2. The van der Waals surface area contributed by atoms with Crippen molar-refractivity contribution in [3.05, 3.63) is 24.3 Å². The van der Waals surface area contributed by atoms with Crippen LogP contribution in [0.2, 0.25) is 0 Å². The minimum absolute atomic E-state index is 0.0187. The van der Waals surface area contributed by atoms with E-state index < -0.39 is 0 Å². The highest BCUT2D eigenvalue weighted by Gasteiger charge is 2.20. The van der Waals surface area contributed by atoms with Gasteiger partial charge in [-0.1, -0.05) is 0 Å². The van der Waals surface area contributed by atoms with Crippen molar-refractivity contribution in [2.24, 2.45) is 5.73 Å². The quantitative estimate of drug-likeness (QED) is 0.787. The summed E-state index contributed by atoms with van der Waals surface area (Å²) in [5.41, 5.74) is 6.12. The highest BCUT2D eigenvalue weighted by Crippen LogP contribution is 2.07. The Bertz CT molecular complexity index is 383. The number of amides is 1. The number of aromatic nitrogens is 2. The summed E-state index contributed by atoms with van der Waals surface area (Å²) in [5, 5.41) is 0. The van der Waals surface area contributed by atoms with Gasteiger partial charge in [0.05, 0.1) is 5.56 Å². The summed E-state index contributed by atoms with van der Waals surface area (Å²) in [6.45, 7) is 4.99. The Hall–Kier alpha value is -1.53. The molecular weight excluding hydrogens is 230 g/mol. The molecule has 1 aliphatic heterocycles. The maximum absolute atomic E-state index is 12.2. The lowest BCUT2D eigenvalue weighted by molar-refractivity contribution is 0.0761. The molecule has 18 heavy (non-hydrogen) atoms. The van der Waals surface area contributed by atoms with Crippen molar-refractivity contribution >= 4 is 5.91 Å². The molecule has 0 atom stereocenters. The molecule has 1 fully saturated rings. The molecule has 6 heteroatoms. The molecule has 0 bridgehead atoms. The summed E-state index contributed by atoms with van der Waals surface area (Å²) < 4.78 is 0. The molecule has 1 aromatic heterocycles. The van der Waals surface area contributed by atoms with Crippen LogP contribution in [0.1, 0.15) is 16.8 Å². The van der Waals surface area contributed by atoms with Gasteiger partial charge >= 0.3 is 0 Å². The van der Waals surface area contributed by atoms with Gasteiger partial charge in [0.25, 0.3) is 5.91 Å². The molecule has 1 aliphatic rings. The highest BCUT2D eigenvalue weighted by atomic mass is 16.2. The Labute approximate surface area is 107 Å². The van der Waals surface area contributed by atoms with Crippen LogP contribution in [0.4, 0.5) is 0 Å². The topological polar surface area (TPSA) is 75.3 Å². The van der Waals surface area contributed by atoms with Gasteiger partial charge in [-0.3, -0.25) is 4.79 Å². The van der Waals surface area contributed by atoms with Crippen molar-refractivity contribution in [1.29, 1.82) is 0 Å². The smallest absolute Gasteiger partial charge is 0.257 e. The van der Waals surface area contributed by atoms with Crippen LogP contribution in [0.15, 0.2) is 18.7 Å². The van der Waals surface area contributed by atoms with Crippen LogP contribution in [-0.2, 0) is 0 Å². The van der Waals surface area contributed by atoms with E-state index in [1.54, 1.807) is 12.4 Å². The second-order valence-electron chi connectivity index (χ2n) is 4.40. The van der Waals surface area contributed by atoms with Gasteiger partial charge < -0.3 is 15.5 Å². The Morgan fingerprint density at radius 1 is 1.22 bits per heavy atom. The molecule has 6 nitrogen and oxygen atoms in total. The fraction of sp³-hybridized carbons (Fsp3) is 0.583. The zero-order chi connectivity index (χ0) is 12.8. The van der Waals surface area contributed by atoms with Gasteiger partial charge in [0.15, 0.2) is 0 Å². The predicted octanol–water partition coefficient (Wildman–Crippen LogP) is -0.417. The van der Waals surface area contributed by atoms with Gasteiger partial charge in [0, 0.05) is 45.1 Å². The van der Waals surface area contributed by atoms with E-state index in [9.17, 15) is 4.79 Å². The molecule has 0 saturated carbocycles. The van der Waals surface area contributed by atoms with Crippen molar-refractivity contribution in [1.82, 2.24) is 19.8 Å². The van der Waals surface area contributed by atoms with Crippen molar-refractivity contribution in [2.45, 2.75) is 6.42 Å². The van der Waals surface area contributed by atoms with E-state index >= 15 is 0 Å². The minimum atomic E-state index is 0.0187. The largest absolute Gasteiger partial charge is 0.337 e. The highest BCUT2D eigenvalue weighted by molar-refractivity contribution is 5.93. The van der Waals surface area contributed by atoms with E-state index in [0.29, 0.717) is 12.1 Å². The lowest BCUT2D eigenvalue weighted by Gasteiger charge is -2.21. The Morgan fingerprint density at radius 2 is 2.00 bits per heavy atom. The first-order chi connectivity index (χ1) is 8.81. The van der Waals surface area contributed by atoms with Crippen LogP contribution in [0.25, 0.3) is 0 Å². The standard InChI is InChI=1S/C12H19N5O/c13-2-5-16-3-1-4-17(7-6-16)12(18)11-8-14-10-15-9-11/h8-10H,1-7,13H2. The molecule has 1 amide bonds. The van der Waals surface area contributed by atoms with E-state index in [1.165, 1.54) is 6.33 Å². The Balaban J connectivity index is 1.96. The summed E-state index contributed by atoms with van der Waals surface area (Å²) in [7, 11) is 0. The molecule has 2 N–H and O–H groups in total. The van der Waals surface area contributed by atoms with Crippen LogP contribution in [0, 0.1) is 0 Å². The second kappa shape index (κ2) is 6.42. The first-order valence-electron chi connectivity index (χ1n) is 6.28. The molecule has 98 valence electrons. The molecule has 1 aromatic rings. The molecule has 1 saturated heterocycles. The maximum Gasteiger partial charge on any atom is 0.257 e. The fourth-order valence-electron chi connectivity index (χ4n) is 2.17. The van der Waals surface area contributed by atoms with Crippen molar-refractivity contribution in [3.63, 3.8) is 0 Å². The molecule has 0 radical (unpaired) electrons. The van der Waals surface area contributed by atoms with E-state index in [-0.39, 0.29) is 5.91 Å². The number of rotatable bonds is 3. The van der Waals surface area contributed by atoms with Crippen molar-refractivity contribution < 1.29 is 4.79 Å². The lowest BCUT2D eigenvalue weighted by atomic mass is 10.3. The minimum Gasteiger partial charge on any atom is -0.337 e. The predicted molar refractivity (Wildman–Crippen MR) is 68.0 cm³/mol. The number of carbonyl (C=O) groups excluding carboxylic acids is 1. The number of hydrogen-bond donors (Lipinski definition) is 1. The SMILES string of the molecule is NCCN1CCCN(C(=O)c2cncnc2)CC1. The normalized spacial score (nSPS) is 17.5. The van der Waals surface area contributed by atoms with Crippen LogP contribution in [0.5, 0.6) is 0 Å². The molecular formula is C12H19N5O. The van der Waals surface area contributed by atoms with Crippen LogP contribution in [-0.4, -0.2) is 64.9 Å². The van der Waals surface area contributed by atoms with Gasteiger partial charge in [0.2, 0.25) is 0 Å². The zero-order valence-electron chi connectivity index (χ0n) is 10.5. The Morgan fingerprint density at radius 3 is 2.72 bits per heavy atom. The van der Waals surface area contributed by atoms with Gasteiger partial charge in [-0.25, -0.2) is 9.97 Å². The molecule has 2 heterocycles. The maximum atomic E-state index is 12.2. The molecule has 2 rings (SSSR count). The average molecular weight is 249 g/mol. The van der Waals surface area contributed by atoms with Crippen LogP contribution in [0.3, 0.4) is 0 Å². The third kappa shape index (κ3) is 3.24. The molecule has 0 aromatic carbocycles. The van der Waals surface area contributed by atoms with E-state index in [1.807, 2.05) is 4.90 Å². The summed E-state index contributed by atoms with van der Waals surface area (Å²) in [5.74, 6) is 0.0187. The van der Waals surface area contributed by atoms with Gasteiger partial charge in [-0.2, -0.15) is 0 Å². The Kier molecular flexibility index (Phi) is 4.60. The van der Waals surface area contributed by atoms with Gasteiger partial charge in [-0.05, 0) is 13.0 Å². The van der Waals surface area contributed by atoms with Gasteiger partial charge in [-0.15, -0.1) is 0 Å². The number of nitrogens with zero attached hydrogens (tertiary/aromatic N) is 4. The van der Waals surface area contributed by atoms with E-state index in [0.717, 1.165) is 39.1 Å². The number of nitrogens with two attached hydrogens (primary N) is 1. The van der Waals surface area contributed by atoms with Crippen molar-refractivity contribution in [3.8, 4) is 0 Å².